The quantitative estimate of drug-likeness (QED) is 0.463. The smallest absolute Gasteiger partial charge is 0.0776 e. The molecule has 0 saturated carbocycles. The summed E-state index contributed by atoms with van der Waals surface area (Å²) in [7, 11) is 0. The lowest BCUT2D eigenvalue weighted by Gasteiger charge is -2.15. The van der Waals surface area contributed by atoms with Crippen molar-refractivity contribution in [3.63, 3.8) is 0 Å². The molecule has 0 aromatic rings. The minimum atomic E-state index is 0.360. The molecule has 0 aromatic heterocycles. The molecule has 0 spiro atoms. The fraction of sp³-hybridized carbons (Fsp3) is 0.300. The highest BCUT2D eigenvalue weighted by Gasteiger charge is 2.14. The lowest BCUT2D eigenvalue weighted by Crippen LogP contribution is -2.12. The Labute approximate surface area is 66.8 Å². The largest absolute Gasteiger partial charge is 0.289 e. The molecule has 0 N–H and O–H groups in total. The SMILES string of the molecule is C1=CC2C=CCC=NC2C=C1. The van der Waals surface area contributed by atoms with Crippen LogP contribution in [0.25, 0.3) is 0 Å². The molecule has 11 heavy (non-hydrogen) atoms. The number of rotatable bonds is 0. The summed E-state index contributed by atoms with van der Waals surface area (Å²) in [6.45, 7) is 0. The van der Waals surface area contributed by atoms with E-state index in [9.17, 15) is 0 Å². The van der Waals surface area contributed by atoms with Crippen molar-refractivity contribution < 1.29 is 0 Å². The highest BCUT2D eigenvalue weighted by Crippen LogP contribution is 2.18. The summed E-state index contributed by atoms with van der Waals surface area (Å²) in [5.41, 5.74) is 0. The molecular formula is C10H11N. The lowest BCUT2D eigenvalue weighted by molar-refractivity contribution is 0.692. The van der Waals surface area contributed by atoms with Crippen molar-refractivity contribution in [3.8, 4) is 0 Å². The zero-order valence-corrected chi connectivity index (χ0v) is 6.35. The second-order valence-corrected chi connectivity index (χ2v) is 2.83. The number of aliphatic imine (C=N–C) groups is 1. The molecule has 1 heterocycles. The van der Waals surface area contributed by atoms with Crippen LogP contribution in [0.4, 0.5) is 0 Å². The zero-order chi connectivity index (χ0) is 7.52. The second-order valence-electron chi connectivity index (χ2n) is 2.83. The molecule has 1 aliphatic carbocycles. The predicted octanol–water partition coefficient (Wildman–Crippen LogP) is 2.13. The Morgan fingerprint density at radius 1 is 1.09 bits per heavy atom. The molecule has 0 saturated heterocycles. The standard InChI is InChI=1S/C10H11N/c1-2-7-10-9(5-1)6-3-4-8-11-10/h1-3,5-10H,4H2. The van der Waals surface area contributed by atoms with E-state index in [4.69, 9.17) is 0 Å². The summed E-state index contributed by atoms with van der Waals surface area (Å²) in [6, 6.07) is 0.360. The van der Waals surface area contributed by atoms with E-state index in [1.54, 1.807) is 0 Å². The second kappa shape index (κ2) is 2.87. The normalized spacial score (nSPS) is 33.5. The van der Waals surface area contributed by atoms with Crippen LogP contribution in [0.15, 0.2) is 41.4 Å². The maximum atomic E-state index is 4.42. The van der Waals surface area contributed by atoms with Gasteiger partial charge in [-0.1, -0.05) is 36.5 Å². The Balaban J connectivity index is 2.27. The van der Waals surface area contributed by atoms with E-state index in [0.717, 1.165) is 6.42 Å². The Morgan fingerprint density at radius 3 is 3.00 bits per heavy atom. The van der Waals surface area contributed by atoms with E-state index in [-0.39, 0.29) is 0 Å². The fourth-order valence-corrected chi connectivity index (χ4v) is 1.42. The van der Waals surface area contributed by atoms with E-state index in [1.165, 1.54) is 0 Å². The molecule has 2 unspecified atom stereocenters. The molecule has 2 atom stereocenters. The maximum Gasteiger partial charge on any atom is 0.0776 e. The average molecular weight is 145 g/mol. The van der Waals surface area contributed by atoms with E-state index >= 15 is 0 Å². The Bertz CT molecular complexity index is 220. The monoisotopic (exact) mass is 145 g/mol. The van der Waals surface area contributed by atoms with Gasteiger partial charge in [-0.05, 0) is 0 Å². The third-order valence-electron chi connectivity index (χ3n) is 2.02. The number of hydrogen-bond acceptors (Lipinski definition) is 1. The van der Waals surface area contributed by atoms with Gasteiger partial charge >= 0.3 is 0 Å². The molecule has 2 rings (SSSR count). The molecular weight excluding hydrogens is 134 g/mol. The van der Waals surface area contributed by atoms with Crippen molar-refractivity contribution in [2.24, 2.45) is 10.9 Å². The van der Waals surface area contributed by atoms with Crippen LogP contribution in [0.3, 0.4) is 0 Å². The average Bonchev–Trinajstić information content (AvgIpc) is 2.28. The molecule has 1 aliphatic heterocycles. The first-order valence-electron chi connectivity index (χ1n) is 4.00. The summed E-state index contributed by atoms with van der Waals surface area (Å²) in [6.07, 6.45) is 15.9. The molecule has 0 amide bonds. The van der Waals surface area contributed by atoms with Crippen molar-refractivity contribution >= 4 is 6.21 Å². The zero-order valence-electron chi connectivity index (χ0n) is 6.35. The fourth-order valence-electron chi connectivity index (χ4n) is 1.42. The van der Waals surface area contributed by atoms with Crippen LogP contribution < -0.4 is 0 Å². The number of nitrogens with zero attached hydrogens (tertiary/aromatic N) is 1. The summed E-state index contributed by atoms with van der Waals surface area (Å²) in [5, 5.41) is 0. The lowest BCUT2D eigenvalue weighted by atomic mass is 9.96. The molecule has 0 bridgehead atoms. The molecule has 0 aromatic carbocycles. The molecule has 1 heteroatoms. The van der Waals surface area contributed by atoms with Gasteiger partial charge in [-0.2, -0.15) is 0 Å². The number of hydrogen-bond donors (Lipinski definition) is 0. The van der Waals surface area contributed by atoms with Crippen molar-refractivity contribution in [2.45, 2.75) is 12.5 Å². The molecule has 1 nitrogen and oxygen atoms in total. The van der Waals surface area contributed by atoms with Gasteiger partial charge in [0.25, 0.3) is 0 Å². The Hall–Kier alpha value is -1.11. The van der Waals surface area contributed by atoms with Gasteiger partial charge < -0.3 is 0 Å². The number of fused-ring (bicyclic) bond motifs is 1. The highest BCUT2D eigenvalue weighted by atomic mass is 14.8. The highest BCUT2D eigenvalue weighted by molar-refractivity contribution is 5.61. The predicted molar refractivity (Wildman–Crippen MR) is 47.8 cm³/mol. The maximum absolute atomic E-state index is 4.42. The molecule has 0 radical (unpaired) electrons. The van der Waals surface area contributed by atoms with E-state index in [2.05, 4.69) is 41.4 Å². The van der Waals surface area contributed by atoms with Gasteiger partial charge in [0.05, 0.1) is 6.04 Å². The third-order valence-corrected chi connectivity index (χ3v) is 2.02. The van der Waals surface area contributed by atoms with E-state index < -0.39 is 0 Å². The first-order chi connectivity index (χ1) is 5.47. The van der Waals surface area contributed by atoms with E-state index in [1.807, 2.05) is 6.21 Å². The van der Waals surface area contributed by atoms with Crippen LogP contribution in [0.5, 0.6) is 0 Å². The first kappa shape index (κ1) is 6.59. The Kier molecular flexibility index (Phi) is 1.72. The van der Waals surface area contributed by atoms with Crippen molar-refractivity contribution in [3.05, 3.63) is 36.5 Å². The summed E-state index contributed by atoms with van der Waals surface area (Å²) in [4.78, 5) is 4.42. The van der Waals surface area contributed by atoms with Gasteiger partial charge in [0.2, 0.25) is 0 Å². The minimum Gasteiger partial charge on any atom is -0.289 e. The van der Waals surface area contributed by atoms with Gasteiger partial charge in [-0.25, -0.2) is 0 Å². The van der Waals surface area contributed by atoms with Crippen LogP contribution in [0.1, 0.15) is 6.42 Å². The first-order valence-corrected chi connectivity index (χ1v) is 4.00. The van der Waals surface area contributed by atoms with Crippen LogP contribution >= 0.6 is 0 Å². The van der Waals surface area contributed by atoms with Crippen LogP contribution in [-0.4, -0.2) is 12.3 Å². The van der Waals surface area contributed by atoms with Gasteiger partial charge in [-0.15, -0.1) is 0 Å². The Morgan fingerprint density at radius 2 is 2.00 bits per heavy atom. The molecule has 2 aliphatic rings. The third kappa shape index (κ3) is 1.32. The van der Waals surface area contributed by atoms with Crippen LogP contribution in [0.2, 0.25) is 0 Å². The van der Waals surface area contributed by atoms with Gasteiger partial charge in [0.15, 0.2) is 0 Å². The van der Waals surface area contributed by atoms with Crippen molar-refractivity contribution in [1.29, 1.82) is 0 Å². The van der Waals surface area contributed by atoms with Crippen LogP contribution in [-0.2, 0) is 0 Å². The van der Waals surface area contributed by atoms with Crippen LogP contribution in [0, 0.1) is 5.92 Å². The minimum absolute atomic E-state index is 0.360. The number of allylic oxidation sites excluding steroid dienone is 3. The summed E-state index contributed by atoms with van der Waals surface area (Å²) in [5.74, 6) is 0.499. The molecule has 0 fully saturated rings. The van der Waals surface area contributed by atoms with Crippen molar-refractivity contribution in [1.82, 2.24) is 0 Å². The molecule has 56 valence electrons. The summed E-state index contributed by atoms with van der Waals surface area (Å²) >= 11 is 0. The van der Waals surface area contributed by atoms with Crippen molar-refractivity contribution in [2.75, 3.05) is 0 Å². The van der Waals surface area contributed by atoms with Gasteiger partial charge in [-0.3, -0.25) is 4.99 Å². The topological polar surface area (TPSA) is 12.4 Å². The van der Waals surface area contributed by atoms with E-state index in [0.29, 0.717) is 12.0 Å². The van der Waals surface area contributed by atoms with Gasteiger partial charge in [0.1, 0.15) is 0 Å². The van der Waals surface area contributed by atoms with Gasteiger partial charge in [0, 0.05) is 18.6 Å². The summed E-state index contributed by atoms with van der Waals surface area (Å²) < 4.78 is 0.